The third-order valence-electron chi connectivity index (χ3n) is 4.47. The van der Waals surface area contributed by atoms with Crippen LogP contribution in [0.4, 0.5) is 13.2 Å². The van der Waals surface area contributed by atoms with E-state index >= 15 is 0 Å². The van der Waals surface area contributed by atoms with Crippen LogP contribution in [0.1, 0.15) is 21.6 Å². The summed E-state index contributed by atoms with van der Waals surface area (Å²) >= 11 is 0. The van der Waals surface area contributed by atoms with E-state index in [0.717, 1.165) is 22.6 Å². The van der Waals surface area contributed by atoms with E-state index in [2.05, 4.69) is 9.97 Å². The molecule has 3 rings (SSSR count). The minimum absolute atomic E-state index is 0.0186. The Hall–Kier alpha value is -3.60. The van der Waals surface area contributed by atoms with Gasteiger partial charge in [0.25, 0.3) is 5.91 Å². The molecule has 0 aliphatic carbocycles. The maximum absolute atomic E-state index is 13.5. The smallest absolute Gasteiger partial charge is 0.417 e. The summed E-state index contributed by atoms with van der Waals surface area (Å²) in [6.45, 7) is 0.625. The van der Waals surface area contributed by atoms with Crippen molar-refractivity contribution in [1.82, 2.24) is 19.8 Å². The number of nitrogens with two attached hydrogens (primary N) is 1. The average molecular weight is 434 g/mol. The molecular formula is C20H21F3N6O2. The van der Waals surface area contributed by atoms with Gasteiger partial charge >= 0.3 is 6.18 Å². The fraction of sp³-hybridized carbons (Fsp3) is 0.250. The fourth-order valence-corrected chi connectivity index (χ4v) is 3.01. The molecule has 0 fully saturated rings. The molecule has 11 heteroatoms. The lowest BCUT2D eigenvalue weighted by molar-refractivity contribution is -0.136. The Labute approximate surface area is 175 Å². The predicted octanol–water partition coefficient (Wildman–Crippen LogP) is 3.40. The molecule has 0 aliphatic heterocycles. The van der Waals surface area contributed by atoms with Crippen LogP contribution in [0.15, 0.2) is 36.5 Å². The quantitative estimate of drug-likeness (QED) is 0.421. The van der Waals surface area contributed by atoms with Crippen LogP contribution in [0, 0.1) is 5.41 Å². The van der Waals surface area contributed by atoms with Crippen molar-refractivity contribution < 1.29 is 22.7 Å². The number of hydrogen-bond donors (Lipinski definition) is 3. The number of H-pyrrole nitrogens is 1. The number of nitrogens with zero attached hydrogens (tertiary/aromatic N) is 3. The summed E-state index contributed by atoms with van der Waals surface area (Å²) in [6.07, 6.45) is -3.10. The van der Waals surface area contributed by atoms with Gasteiger partial charge in [-0.3, -0.25) is 15.1 Å². The molecule has 0 atom stereocenters. The van der Waals surface area contributed by atoms with Gasteiger partial charge in [0.1, 0.15) is 5.69 Å². The number of guanidine groups is 1. The lowest BCUT2D eigenvalue weighted by Gasteiger charge is -2.13. The van der Waals surface area contributed by atoms with Crippen molar-refractivity contribution in [1.29, 1.82) is 5.41 Å². The lowest BCUT2D eigenvalue weighted by Crippen LogP contribution is -2.38. The van der Waals surface area contributed by atoms with Crippen molar-refractivity contribution in [2.24, 2.45) is 5.73 Å². The van der Waals surface area contributed by atoms with Gasteiger partial charge < -0.3 is 20.4 Å². The number of ether oxygens (including phenoxy) is 1. The maximum Gasteiger partial charge on any atom is 0.417 e. The Morgan fingerprint density at radius 1 is 1.23 bits per heavy atom. The van der Waals surface area contributed by atoms with E-state index in [4.69, 9.17) is 15.9 Å². The van der Waals surface area contributed by atoms with Crippen LogP contribution in [-0.2, 0) is 12.7 Å². The van der Waals surface area contributed by atoms with E-state index in [9.17, 15) is 18.0 Å². The molecule has 0 saturated heterocycles. The number of pyridine rings is 1. The second-order valence-corrected chi connectivity index (χ2v) is 7.17. The number of carbonyl (C=O) groups is 1. The Balaban J connectivity index is 2.08. The summed E-state index contributed by atoms with van der Waals surface area (Å²) in [7, 11) is 5.05. The van der Waals surface area contributed by atoms with E-state index in [0.29, 0.717) is 6.54 Å². The number of carbonyl (C=O) groups excluding carboxylic acids is 1. The van der Waals surface area contributed by atoms with Crippen molar-refractivity contribution >= 4 is 22.8 Å². The second kappa shape index (κ2) is 8.26. The molecule has 2 heterocycles. The largest absolute Gasteiger partial charge is 0.437 e. The van der Waals surface area contributed by atoms with Crippen LogP contribution >= 0.6 is 0 Å². The molecule has 0 radical (unpaired) electrons. The van der Waals surface area contributed by atoms with Crippen molar-refractivity contribution in [3.8, 4) is 11.6 Å². The van der Waals surface area contributed by atoms with Gasteiger partial charge in [-0.15, -0.1) is 0 Å². The van der Waals surface area contributed by atoms with Gasteiger partial charge in [-0.1, -0.05) is 0 Å². The van der Waals surface area contributed by atoms with Crippen LogP contribution in [0.25, 0.3) is 10.9 Å². The highest BCUT2D eigenvalue weighted by Gasteiger charge is 2.34. The molecule has 164 valence electrons. The Morgan fingerprint density at radius 2 is 1.94 bits per heavy atom. The molecule has 4 N–H and O–H groups in total. The Kier molecular flexibility index (Phi) is 5.89. The molecule has 0 aliphatic rings. The molecule has 1 aromatic carbocycles. The van der Waals surface area contributed by atoms with Crippen molar-refractivity contribution in [2.75, 3.05) is 21.1 Å². The molecule has 0 unspecified atom stereocenters. The number of nitrogens with one attached hydrogen (secondary N) is 2. The summed E-state index contributed by atoms with van der Waals surface area (Å²) in [5, 5.41) is 7.13. The topological polar surface area (TPSA) is 111 Å². The monoisotopic (exact) mass is 434 g/mol. The summed E-state index contributed by atoms with van der Waals surface area (Å²) in [5.41, 5.74) is 5.10. The minimum Gasteiger partial charge on any atom is -0.437 e. The number of aromatic nitrogens is 2. The molecule has 8 nitrogen and oxygen atoms in total. The maximum atomic E-state index is 13.5. The Bertz CT molecular complexity index is 1140. The average Bonchev–Trinajstić information content (AvgIpc) is 3.11. The Morgan fingerprint density at radius 3 is 2.55 bits per heavy atom. The molecule has 0 spiro atoms. The second-order valence-electron chi connectivity index (χ2n) is 7.17. The molecular weight excluding hydrogens is 413 g/mol. The zero-order valence-corrected chi connectivity index (χ0v) is 17.0. The summed E-state index contributed by atoms with van der Waals surface area (Å²) in [5.74, 6) is -1.03. The summed E-state index contributed by atoms with van der Waals surface area (Å²) in [4.78, 5) is 22.0. The fourth-order valence-electron chi connectivity index (χ4n) is 3.01. The highest BCUT2D eigenvalue weighted by atomic mass is 19.4. The molecule has 0 saturated carbocycles. The first kappa shape index (κ1) is 22.1. The van der Waals surface area contributed by atoms with E-state index in [1.165, 1.54) is 13.1 Å². The van der Waals surface area contributed by atoms with Gasteiger partial charge in [0, 0.05) is 31.2 Å². The van der Waals surface area contributed by atoms with E-state index in [-0.39, 0.29) is 28.2 Å². The van der Waals surface area contributed by atoms with E-state index in [1.807, 2.05) is 19.0 Å². The zero-order valence-electron chi connectivity index (χ0n) is 17.0. The zero-order chi connectivity index (χ0) is 22.9. The normalized spacial score (nSPS) is 11.7. The molecule has 2 aromatic heterocycles. The first-order valence-electron chi connectivity index (χ1n) is 9.10. The van der Waals surface area contributed by atoms with Crippen molar-refractivity contribution in [3.05, 3.63) is 53.3 Å². The van der Waals surface area contributed by atoms with Crippen molar-refractivity contribution in [2.45, 2.75) is 12.7 Å². The van der Waals surface area contributed by atoms with Crippen LogP contribution in [0.2, 0.25) is 0 Å². The van der Waals surface area contributed by atoms with Gasteiger partial charge in [0.15, 0.2) is 11.7 Å². The number of alkyl halides is 3. The molecule has 31 heavy (non-hydrogen) atoms. The lowest BCUT2D eigenvalue weighted by atomic mass is 10.1. The SMILES string of the molecule is CN(C)Cc1ccnc(Oc2ccc(C(F)(F)F)c3cc(C(=O)N(C)C(=N)N)[nH]c23)c1. The highest BCUT2D eigenvalue weighted by molar-refractivity contribution is 6.06. The molecule has 3 aromatic rings. The van der Waals surface area contributed by atoms with E-state index < -0.39 is 23.6 Å². The van der Waals surface area contributed by atoms with Crippen LogP contribution < -0.4 is 10.5 Å². The third-order valence-corrected chi connectivity index (χ3v) is 4.47. The number of fused-ring (bicyclic) bond motifs is 1. The predicted molar refractivity (Wildman–Crippen MR) is 109 cm³/mol. The first-order valence-corrected chi connectivity index (χ1v) is 9.10. The van der Waals surface area contributed by atoms with E-state index in [1.54, 1.807) is 18.3 Å². The standard InChI is InChI=1S/C20H21F3N6O2/c1-28(2)10-11-6-7-26-16(8-11)31-15-5-4-13(20(21,22)23)12-9-14(27-17(12)15)18(30)29(3)19(24)25/h4-9,27H,10H2,1-3H3,(H3,24,25). The minimum atomic E-state index is -4.64. The number of aromatic amines is 1. The van der Waals surface area contributed by atoms with Gasteiger partial charge in [0.2, 0.25) is 5.88 Å². The summed E-state index contributed by atoms with van der Waals surface area (Å²) < 4.78 is 46.3. The van der Waals surface area contributed by atoms with Gasteiger partial charge in [0.05, 0.1) is 11.1 Å². The van der Waals surface area contributed by atoms with Crippen molar-refractivity contribution in [3.63, 3.8) is 0 Å². The van der Waals surface area contributed by atoms with Gasteiger partial charge in [-0.25, -0.2) is 4.98 Å². The van der Waals surface area contributed by atoms with Crippen LogP contribution in [-0.4, -0.2) is 52.8 Å². The number of halogens is 3. The van der Waals surface area contributed by atoms with Crippen LogP contribution in [0.5, 0.6) is 11.6 Å². The molecule has 0 bridgehead atoms. The first-order chi connectivity index (χ1) is 14.5. The highest BCUT2D eigenvalue weighted by Crippen LogP contribution is 2.39. The number of benzene rings is 1. The number of amides is 1. The summed E-state index contributed by atoms with van der Waals surface area (Å²) in [6, 6.07) is 6.62. The third kappa shape index (κ3) is 4.77. The molecule has 1 amide bonds. The van der Waals surface area contributed by atoms with Gasteiger partial charge in [-0.2, -0.15) is 13.2 Å². The number of rotatable bonds is 5. The van der Waals surface area contributed by atoms with Crippen LogP contribution in [0.3, 0.4) is 0 Å². The van der Waals surface area contributed by atoms with Gasteiger partial charge in [-0.05, 0) is 43.9 Å². The number of hydrogen-bond acceptors (Lipinski definition) is 5.